The molecule has 0 saturated carbocycles. The first-order valence-corrected chi connectivity index (χ1v) is 6.87. The summed E-state index contributed by atoms with van der Waals surface area (Å²) in [4.78, 5) is 17.9. The normalized spacial score (nSPS) is 21.2. The highest BCUT2D eigenvalue weighted by Gasteiger charge is 2.24. The summed E-state index contributed by atoms with van der Waals surface area (Å²) in [6, 6.07) is 3.99. The van der Waals surface area contributed by atoms with E-state index >= 15 is 0 Å². The Hall–Kier alpha value is -1.62. The fourth-order valence-electron chi connectivity index (χ4n) is 2.46. The molecule has 2 rings (SSSR count). The van der Waals surface area contributed by atoms with Crippen LogP contribution in [-0.2, 0) is 4.79 Å². The molecule has 1 amide bonds. The Bertz CT molecular complexity index is 432. The number of carbonyl (C=O) groups excluding carboxylic acids is 1. The number of rotatable bonds is 4. The molecule has 1 aromatic rings. The molecule has 5 heteroatoms. The number of amides is 1. The molecule has 19 heavy (non-hydrogen) atoms. The Morgan fingerprint density at radius 2 is 2.37 bits per heavy atom. The van der Waals surface area contributed by atoms with E-state index in [4.69, 9.17) is 11.5 Å². The van der Waals surface area contributed by atoms with E-state index < -0.39 is 0 Å². The minimum Gasteiger partial charge on any atom is -0.369 e. The van der Waals surface area contributed by atoms with E-state index in [0.717, 1.165) is 37.2 Å². The quantitative estimate of drug-likeness (QED) is 0.853. The number of primary amides is 1. The molecule has 1 aromatic heterocycles. The van der Waals surface area contributed by atoms with Crippen LogP contribution in [0.15, 0.2) is 18.3 Å². The maximum absolute atomic E-state index is 11.3. The largest absolute Gasteiger partial charge is 0.369 e. The Labute approximate surface area is 114 Å². The van der Waals surface area contributed by atoms with Crippen LogP contribution >= 0.6 is 0 Å². The van der Waals surface area contributed by atoms with Crippen molar-refractivity contribution in [2.75, 3.05) is 18.0 Å². The van der Waals surface area contributed by atoms with Gasteiger partial charge in [0.15, 0.2) is 0 Å². The lowest BCUT2D eigenvalue weighted by molar-refractivity contribution is -0.122. The Morgan fingerprint density at radius 3 is 2.95 bits per heavy atom. The van der Waals surface area contributed by atoms with Crippen molar-refractivity contribution >= 4 is 11.6 Å². The minimum atomic E-state index is -0.206. The fraction of sp³-hybridized carbons (Fsp3) is 0.571. The molecule has 2 heterocycles. The van der Waals surface area contributed by atoms with Crippen molar-refractivity contribution in [1.82, 2.24) is 4.98 Å². The van der Waals surface area contributed by atoms with Crippen molar-refractivity contribution in [1.29, 1.82) is 0 Å². The lowest BCUT2D eigenvalue weighted by Gasteiger charge is -2.32. The van der Waals surface area contributed by atoms with E-state index in [9.17, 15) is 4.79 Å². The van der Waals surface area contributed by atoms with Crippen molar-refractivity contribution in [3.63, 3.8) is 0 Å². The second-order valence-corrected chi connectivity index (χ2v) is 5.14. The third-order valence-electron chi connectivity index (χ3n) is 3.78. The van der Waals surface area contributed by atoms with Gasteiger partial charge in [-0.1, -0.05) is 6.92 Å². The molecule has 4 N–H and O–H groups in total. The second-order valence-electron chi connectivity index (χ2n) is 5.14. The highest BCUT2D eigenvalue weighted by Crippen LogP contribution is 2.23. The van der Waals surface area contributed by atoms with Gasteiger partial charge in [0.05, 0.1) is 23.5 Å². The number of hydrogen-bond acceptors (Lipinski definition) is 4. The van der Waals surface area contributed by atoms with Gasteiger partial charge in [0.2, 0.25) is 5.91 Å². The molecule has 1 aliphatic rings. The third-order valence-corrected chi connectivity index (χ3v) is 3.78. The molecule has 1 unspecified atom stereocenters. The molecule has 0 bridgehead atoms. The Morgan fingerprint density at radius 1 is 1.58 bits per heavy atom. The van der Waals surface area contributed by atoms with E-state index in [1.807, 2.05) is 25.3 Å². The fourth-order valence-corrected chi connectivity index (χ4v) is 2.46. The molecule has 0 aromatic carbocycles. The number of carbonyl (C=O) groups is 1. The van der Waals surface area contributed by atoms with E-state index in [1.165, 1.54) is 0 Å². The zero-order valence-corrected chi connectivity index (χ0v) is 11.4. The maximum atomic E-state index is 11.3. The van der Waals surface area contributed by atoms with Crippen LogP contribution in [0.5, 0.6) is 0 Å². The first-order valence-electron chi connectivity index (χ1n) is 6.87. The Balaban J connectivity index is 2.07. The predicted octanol–water partition coefficient (Wildman–Crippen LogP) is 1.19. The van der Waals surface area contributed by atoms with Gasteiger partial charge in [-0.25, -0.2) is 0 Å². The summed E-state index contributed by atoms with van der Waals surface area (Å²) in [7, 11) is 0. The van der Waals surface area contributed by atoms with Crippen molar-refractivity contribution in [2.45, 2.75) is 32.2 Å². The van der Waals surface area contributed by atoms with Gasteiger partial charge >= 0.3 is 0 Å². The summed E-state index contributed by atoms with van der Waals surface area (Å²) < 4.78 is 0. The lowest BCUT2D eigenvalue weighted by Crippen LogP contribution is -2.41. The smallest absolute Gasteiger partial charge is 0.222 e. The molecular formula is C14H22N4O. The van der Waals surface area contributed by atoms with Gasteiger partial charge < -0.3 is 16.4 Å². The van der Waals surface area contributed by atoms with Gasteiger partial charge in [-0.15, -0.1) is 0 Å². The molecular weight excluding hydrogens is 240 g/mol. The number of aromatic nitrogens is 1. The van der Waals surface area contributed by atoms with Crippen molar-refractivity contribution < 1.29 is 4.79 Å². The van der Waals surface area contributed by atoms with Crippen molar-refractivity contribution in [3.05, 3.63) is 24.0 Å². The molecule has 2 atom stereocenters. The minimum absolute atomic E-state index is 0.00576. The maximum Gasteiger partial charge on any atom is 0.222 e. The summed E-state index contributed by atoms with van der Waals surface area (Å²) >= 11 is 0. The van der Waals surface area contributed by atoms with Crippen molar-refractivity contribution in [3.8, 4) is 0 Å². The summed E-state index contributed by atoms with van der Waals surface area (Å²) in [6.45, 7) is 3.68. The monoisotopic (exact) mass is 262 g/mol. The number of piperidine rings is 1. The van der Waals surface area contributed by atoms with Gasteiger partial charge in [-0.2, -0.15) is 0 Å². The molecule has 0 spiro atoms. The van der Waals surface area contributed by atoms with E-state index in [1.54, 1.807) is 0 Å². The zero-order chi connectivity index (χ0) is 13.8. The first-order chi connectivity index (χ1) is 9.11. The van der Waals surface area contributed by atoms with Gasteiger partial charge in [0.1, 0.15) is 0 Å². The highest BCUT2D eigenvalue weighted by molar-refractivity contribution is 5.77. The average molecular weight is 262 g/mol. The van der Waals surface area contributed by atoms with Crippen LogP contribution in [0.2, 0.25) is 0 Å². The molecule has 104 valence electrons. The summed E-state index contributed by atoms with van der Waals surface area (Å²) in [5.74, 6) is -0.256. The zero-order valence-electron chi connectivity index (χ0n) is 11.4. The van der Waals surface area contributed by atoms with Crippen LogP contribution in [0.1, 0.15) is 37.9 Å². The van der Waals surface area contributed by atoms with E-state index in [2.05, 4.69) is 9.88 Å². The molecule has 0 radical (unpaired) electrons. The molecule has 0 aliphatic carbocycles. The predicted molar refractivity (Wildman–Crippen MR) is 75.6 cm³/mol. The number of anilines is 1. The topological polar surface area (TPSA) is 85.2 Å². The van der Waals surface area contributed by atoms with Crippen LogP contribution in [0, 0.1) is 5.92 Å². The van der Waals surface area contributed by atoms with Gasteiger partial charge in [0, 0.05) is 19.1 Å². The van der Waals surface area contributed by atoms with E-state index in [0.29, 0.717) is 6.54 Å². The summed E-state index contributed by atoms with van der Waals surface area (Å²) in [6.07, 6.45) is 4.59. The van der Waals surface area contributed by atoms with Crippen LogP contribution in [0.3, 0.4) is 0 Å². The SMILES string of the molecule is CC[C@@H](N)c1ccc(N2CCCC(C(N)=O)C2)cn1. The molecule has 1 saturated heterocycles. The van der Waals surface area contributed by atoms with Crippen LogP contribution < -0.4 is 16.4 Å². The van der Waals surface area contributed by atoms with Crippen LogP contribution in [-0.4, -0.2) is 24.0 Å². The molecule has 1 aliphatic heterocycles. The summed E-state index contributed by atoms with van der Waals surface area (Å²) in [5.41, 5.74) is 13.3. The highest BCUT2D eigenvalue weighted by atomic mass is 16.1. The number of nitrogens with zero attached hydrogens (tertiary/aromatic N) is 2. The van der Waals surface area contributed by atoms with Crippen LogP contribution in [0.25, 0.3) is 0 Å². The summed E-state index contributed by atoms with van der Waals surface area (Å²) in [5, 5.41) is 0. The van der Waals surface area contributed by atoms with Gasteiger partial charge in [-0.05, 0) is 31.4 Å². The first kappa shape index (κ1) is 13.8. The van der Waals surface area contributed by atoms with E-state index in [-0.39, 0.29) is 17.9 Å². The standard InChI is InChI=1S/C14H22N4O/c1-2-12(15)13-6-5-11(8-17-13)18-7-3-4-10(9-18)14(16)19/h5-6,8,10,12H,2-4,7,9,15H2,1H3,(H2,16,19)/t10?,12-/m1/s1. The van der Waals surface area contributed by atoms with Gasteiger partial charge in [-0.3, -0.25) is 9.78 Å². The number of pyridine rings is 1. The molecule has 1 fully saturated rings. The second kappa shape index (κ2) is 6.02. The lowest BCUT2D eigenvalue weighted by atomic mass is 9.97. The Kier molecular flexibility index (Phi) is 4.37. The third kappa shape index (κ3) is 3.23. The average Bonchev–Trinajstić information content (AvgIpc) is 2.46. The number of nitrogens with two attached hydrogens (primary N) is 2. The molecule has 5 nitrogen and oxygen atoms in total. The van der Waals surface area contributed by atoms with Crippen molar-refractivity contribution in [2.24, 2.45) is 17.4 Å². The number of hydrogen-bond donors (Lipinski definition) is 2. The van der Waals surface area contributed by atoms with Gasteiger partial charge in [0.25, 0.3) is 0 Å². The van der Waals surface area contributed by atoms with Crippen LogP contribution in [0.4, 0.5) is 5.69 Å².